The number of hydrogen-bond acceptors (Lipinski definition) is 4. The molecule has 1 heterocycles. The molecule has 0 bridgehead atoms. The monoisotopic (exact) mass is 320 g/mol. The predicted molar refractivity (Wildman–Crippen MR) is 86.7 cm³/mol. The van der Waals surface area contributed by atoms with Crippen LogP contribution in [0.15, 0.2) is 47.5 Å². The first-order valence-electron chi connectivity index (χ1n) is 7.14. The molecule has 1 aromatic carbocycles. The summed E-state index contributed by atoms with van der Waals surface area (Å²) in [6, 6.07) is 10.3. The van der Waals surface area contributed by atoms with Crippen LogP contribution in [0.5, 0.6) is 5.75 Å². The van der Waals surface area contributed by atoms with Crippen LogP contribution in [0.1, 0.15) is 32.3 Å². The maximum absolute atomic E-state index is 12.6. The van der Waals surface area contributed by atoms with Crippen molar-refractivity contribution in [3.63, 3.8) is 0 Å². The van der Waals surface area contributed by atoms with Crippen LogP contribution in [0, 0.1) is 0 Å². The third kappa shape index (κ3) is 3.76. The van der Waals surface area contributed by atoms with Crippen LogP contribution in [0.3, 0.4) is 0 Å². The van der Waals surface area contributed by atoms with Crippen molar-refractivity contribution in [3.8, 4) is 5.75 Å². The number of nitrogens with one attached hydrogen (secondary N) is 1. The summed E-state index contributed by atoms with van der Waals surface area (Å²) in [5.74, 6) is 0.842. The third-order valence-corrected chi connectivity index (χ3v) is 4.50. The molecule has 0 aliphatic rings. The van der Waals surface area contributed by atoms with Crippen molar-refractivity contribution < 1.29 is 13.2 Å². The fourth-order valence-corrected chi connectivity index (χ4v) is 3.17. The molecule has 118 valence electrons. The van der Waals surface area contributed by atoms with Gasteiger partial charge in [0, 0.05) is 6.20 Å². The molecule has 0 aliphatic heterocycles. The van der Waals surface area contributed by atoms with Crippen LogP contribution in [-0.2, 0) is 10.0 Å². The van der Waals surface area contributed by atoms with Gasteiger partial charge in [-0.3, -0.25) is 4.72 Å². The van der Waals surface area contributed by atoms with Gasteiger partial charge in [0.15, 0.2) is 0 Å². The first-order chi connectivity index (χ1) is 10.4. The minimum Gasteiger partial charge on any atom is -0.492 e. The summed E-state index contributed by atoms with van der Waals surface area (Å²) in [4.78, 5) is 4.12. The van der Waals surface area contributed by atoms with Crippen LogP contribution >= 0.6 is 0 Å². The molecule has 0 fully saturated rings. The molecule has 0 saturated carbocycles. The van der Waals surface area contributed by atoms with Crippen molar-refractivity contribution in [2.24, 2.45) is 0 Å². The molecule has 22 heavy (non-hydrogen) atoms. The summed E-state index contributed by atoms with van der Waals surface area (Å²) >= 11 is 0. The minimum atomic E-state index is -3.76. The Balaban J connectivity index is 2.45. The standard InChI is InChI=1S/C16H20N2O3S/c1-4-21-14-9-8-13(12(2)3)11-15(14)22(19,20)18-16-7-5-6-10-17-16/h5-12H,4H2,1-3H3,(H,17,18). The SMILES string of the molecule is CCOc1ccc(C(C)C)cc1S(=O)(=O)Nc1ccccn1. The lowest BCUT2D eigenvalue weighted by atomic mass is 10.0. The zero-order chi connectivity index (χ0) is 16.2. The van der Waals surface area contributed by atoms with Crippen molar-refractivity contribution in [2.75, 3.05) is 11.3 Å². The van der Waals surface area contributed by atoms with Gasteiger partial charge in [-0.2, -0.15) is 0 Å². The van der Waals surface area contributed by atoms with E-state index >= 15 is 0 Å². The van der Waals surface area contributed by atoms with Gasteiger partial charge in [0.2, 0.25) is 0 Å². The number of benzene rings is 1. The van der Waals surface area contributed by atoms with E-state index in [-0.39, 0.29) is 16.6 Å². The maximum Gasteiger partial charge on any atom is 0.266 e. The Labute approximate surface area is 131 Å². The highest BCUT2D eigenvalue weighted by molar-refractivity contribution is 7.92. The summed E-state index contributed by atoms with van der Waals surface area (Å²) in [5, 5.41) is 0. The lowest BCUT2D eigenvalue weighted by molar-refractivity contribution is 0.331. The Morgan fingerprint density at radius 1 is 1.23 bits per heavy atom. The average Bonchev–Trinajstić information content (AvgIpc) is 2.48. The molecule has 0 saturated heterocycles. The normalized spacial score (nSPS) is 11.5. The quantitative estimate of drug-likeness (QED) is 0.885. The van der Waals surface area contributed by atoms with Crippen LogP contribution in [-0.4, -0.2) is 20.0 Å². The smallest absolute Gasteiger partial charge is 0.266 e. The van der Waals surface area contributed by atoms with Gasteiger partial charge in [-0.05, 0) is 42.7 Å². The van der Waals surface area contributed by atoms with Crippen LogP contribution in [0.4, 0.5) is 5.82 Å². The van der Waals surface area contributed by atoms with E-state index in [0.717, 1.165) is 5.56 Å². The Hall–Kier alpha value is -2.08. The largest absolute Gasteiger partial charge is 0.492 e. The first-order valence-corrected chi connectivity index (χ1v) is 8.63. The number of pyridine rings is 1. The lowest BCUT2D eigenvalue weighted by Gasteiger charge is -2.15. The van der Waals surface area contributed by atoms with E-state index in [1.165, 1.54) is 6.20 Å². The summed E-state index contributed by atoms with van der Waals surface area (Å²) < 4.78 is 33.2. The Kier molecular flexibility index (Phi) is 5.03. The van der Waals surface area contributed by atoms with Gasteiger partial charge in [0.05, 0.1) is 6.61 Å². The van der Waals surface area contributed by atoms with Crippen molar-refractivity contribution in [2.45, 2.75) is 31.6 Å². The molecule has 0 radical (unpaired) electrons. The molecule has 5 nitrogen and oxygen atoms in total. The van der Waals surface area contributed by atoms with E-state index in [9.17, 15) is 8.42 Å². The van der Waals surface area contributed by atoms with Crippen LogP contribution in [0.25, 0.3) is 0 Å². The van der Waals surface area contributed by atoms with Gasteiger partial charge in [0.1, 0.15) is 16.5 Å². The predicted octanol–water partition coefficient (Wildman–Crippen LogP) is 3.40. The third-order valence-electron chi connectivity index (χ3n) is 3.13. The number of hydrogen-bond donors (Lipinski definition) is 1. The zero-order valence-electron chi connectivity index (χ0n) is 12.9. The van der Waals surface area contributed by atoms with Crippen LogP contribution in [0.2, 0.25) is 0 Å². The van der Waals surface area contributed by atoms with Gasteiger partial charge in [-0.25, -0.2) is 13.4 Å². The van der Waals surface area contributed by atoms with E-state index in [1.807, 2.05) is 26.8 Å². The number of anilines is 1. The fourth-order valence-electron chi connectivity index (χ4n) is 1.98. The molecule has 2 rings (SSSR count). The minimum absolute atomic E-state index is 0.131. The molecular weight excluding hydrogens is 300 g/mol. The molecule has 0 aliphatic carbocycles. The van der Waals surface area contributed by atoms with Crippen LogP contribution < -0.4 is 9.46 Å². The van der Waals surface area contributed by atoms with Crippen molar-refractivity contribution >= 4 is 15.8 Å². The van der Waals surface area contributed by atoms with E-state index < -0.39 is 10.0 Å². The topological polar surface area (TPSA) is 68.3 Å². The summed E-state index contributed by atoms with van der Waals surface area (Å²) in [6.07, 6.45) is 1.53. The van der Waals surface area contributed by atoms with Crippen molar-refractivity contribution in [1.82, 2.24) is 4.98 Å². The van der Waals surface area contributed by atoms with E-state index in [0.29, 0.717) is 12.4 Å². The lowest BCUT2D eigenvalue weighted by Crippen LogP contribution is -2.15. The van der Waals surface area contributed by atoms with Gasteiger partial charge in [-0.15, -0.1) is 0 Å². The zero-order valence-corrected chi connectivity index (χ0v) is 13.7. The highest BCUT2D eigenvalue weighted by atomic mass is 32.2. The van der Waals surface area contributed by atoms with Gasteiger partial charge in [-0.1, -0.05) is 26.0 Å². The second-order valence-corrected chi connectivity index (χ2v) is 6.77. The van der Waals surface area contributed by atoms with Crippen molar-refractivity contribution in [1.29, 1.82) is 0 Å². The average molecular weight is 320 g/mol. The second kappa shape index (κ2) is 6.79. The highest BCUT2D eigenvalue weighted by Gasteiger charge is 2.21. The van der Waals surface area contributed by atoms with Gasteiger partial charge >= 0.3 is 0 Å². The maximum atomic E-state index is 12.6. The highest BCUT2D eigenvalue weighted by Crippen LogP contribution is 2.29. The molecule has 1 aromatic heterocycles. The number of rotatable bonds is 6. The summed E-state index contributed by atoms with van der Waals surface area (Å²) in [6.45, 7) is 6.24. The molecule has 0 atom stereocenters. The summed E-state index contributed by atoms with van der Waals surface area (Å²) in [5.41, 5.74) is 0.935. The molecule has 0 unspecified atom stereocenters. The summed E-state index contributed by atoms with van der Waals surface area (Å²) in [7, 11) is -3.76. The van der Waals surface area contributed by atoms with Gasteiger partial charge in [0.25, 0.3) is 10.0 Å². The van der Waals surface area contributed by atoms with E-state index in [1.54, 1.807) is 30.3 Å². The Morgan fingerprint density at radius 2 is 2.00 bits per heavy atom. The second-order valence-electron chi connectivity index (χ2n) is 5.11. The number of ether oxygens (including phenoxy) is 1. The molecular formula is C16H20N2O3S. The fraction of sp³-hybridized carbons (Fsp3) is 0.312. The van der Waals surface area contributed by atoms with E-state index in [4.69, 9.17) is 4.74 Å². The number of nitrogens with zero attached hydrogens (tertiary/aromatic N) is 1. The van der Waals surface area contributed by atoms with Crippen molar-refractivity contribution in [3.05, 3.63) is 48.2 Å². The number of aromatic nitrogens is 1. The molecule has 2 aromatic rings. The number of sulfonamides is 1. The molecule has 0 spiro atoms. The van der Waals surface area contributed by atoms with Gasteiger partial charge < -0.3 is 4.74 Å². The molecule has 6 heteroatoms. The Morgan fingerprint density at radius 3 is 2.59 bits per heavy atom. The van der Waals surface area contributed by atoms with E-state index in [2.05, 4.69) is 9.71 Å². The Bertz CT molecular complexity index is 728. The first kappa shape index (κ1) is 16.3. The molecule has 0 amide bonds. The molecule has 1 N–H and O–H groups in total.